The molecule has 2 heteroatoms. The minimum Gasteiger partial charge on any atom is -0.461 e. The smallest absolute Gasteiger partial charge is 0.134 e. The molecule has 0 aliphatic rings. The van der Waals surface area contributed by atoms with E-state index in [1.165, 1.54) is 10.9 Å². The third-order valence-electron chi connectivity index (χ3n) is 2.75. The van der Waals surface area contributed by atoms with Crippen molar-refractivity contribution >= 4 is 11.0 Å². The van der Waals surface area contributed by atoms with E-state index < -0.39 is 0 Å². The summed E-state index contributed by atoms with van der Waals surface area (Å²) in [6, 6.07) is 8.21. The van der Waals surface area contributed by atoms with Crippen molar-refractivity contribution in [2.75, 3.05) is 6.54 Å². The Labute approximate surface area is 96.6 Å². The van der Waals surface area contributed by atoms with E-state index in [2.05, 4.69) is 31.3 Å². The van der Waals surface area contributed by atoms with Gasteiger partial charge >= 0.3 is 0 Å². The Balaban J connectivity index is 2.19. The number of benzene rings is 1. The molecule has 0 bridgehead atoms. The van der Waals surface area contributed by atoms with Gasteiger partial charge in [0.1, 0.15) is 11.3 Å². The zero-order valence-corrected chi connectivity index (χ0v) is 10.2. The first kappa shape index (κ1) is 11.2. The van der Waals surface area contributed by atoms with Gasteiger partial charge in [-0.1, -0.05) is 32.0 Å². The number of hydrogen-bond acceptors (Lipinski definition) is 2. The molecule has 0 aliphatic carbocycles. The molecule has 86 valence electrons. The topological polar surface area (TPSA) is 25.2 Å². The van der Waals surface area contributed by atoms with Gasteiger partial charge < -0.3 is 9.73 Å². The van der Waals surface area contributed by atoms with Crippen LogP contribution < -0.4 is 5.32 Å². The maximum Gasteiger partial charge on any atom is 0.134 e. The third kappa shape index (κ3) is 2.27. The van der Waals surface area contributed by atoms with Gasteiger partial charge in [0, 0.05) is 17.5 Å². The van der Waals surface area contributed by atoms with Crippen LogP contribution in [-0.2, 0) is 6.54 Å². The van der Waals surface area contributed by atoms with Gasteiger partial charge in [0.05, 0.1) is 0 Å². The molecule has 1 aromatic heterocycles. The average molecular weight is 217 g/mol. The molecule has 0 saturated heterocycles. The van der Waals surface area contributed by atoms with Crippen LogP contribution in [0.25, 0.3) is 11.0 Å². The second kappa shape index (κ2) is 4.71. The minimum atomic E-state index is 0.679. The SMILES string of the molecule is Cc1oc2ccccc2c1CNCC(C)C. The van der Waals surface area contributed by atoms with E-state index in [9.17, 15) is 0 Å². The Morgan fingerprint density at radius 3 is 2.75 bits per heavy atom. The van der Waals surface area contributed by atoms with Crippen molar-refractivity contribution in [2.45, 2.75) is 27.3 Å². The van der Waals surface area contributed by atoms with Crippen LogP contribution in [0.3, 0.4) is 0 Å². The summed E-state index contributed by atoms with van der Waals surface area (Å²) >= 11 is 0. The van der Waals surface area contributed by atoms with Gasteiger partial charge in [-0.15, -0.1) is 0 Å². The maximum atomic E-state index is 5.72. The molecule has 2 aromatic rings. The van der Waals surface area contributed by atoms with Gasteiger partial charge in [-0.25, -0.2) is 0 Å². The van der Waals surface area contributed by atoms with Crippen LogP contribution >= 0.6 is 0 Å². The van der Waals surface area contributed by atoms with Gasteiger partial charge in [-0.3, -0.25) is 0 Å². The summed E-state index contributed by atoms with van der Waals surface area (Å²) in [5.74, 6) is 1.70. The van der Waals surface area contributed by atoms with Crippen molar-refractivity contribution < 1.29 is 4.42 Å². The quantitative estimate of drug-likeness (QED) is 0.848. The van der Waals surface area contributed by atoms with Crippen molar-refractivity contribution in [3.05, 3.63) is 35.6 Å². The van der Waals surface area contributed by atoms with E-state index in [0.29, 0.717) is 5.92 Å². The van der Waals surface area contributed by atoms with E-state index in [4.69, 9.17) is 4.42 Å². The molecule has 0 fully saturated rings. The lowest BCUT2D eigenvalue weighted by molar-refractivity contribution is 0.536. The molecule has 2 rings (SSSR count). The zero-order chi connectivity index (χ0) is 11.5. The second-order valence-electron chi connectivity index (χ2n) is 4.66. The van der Waals surface area contributed by atoms with Crippen molar-refractivity contribution in [3.63, 3.8) is 0 Å². The molecule has 0 radical (unpaired) electrons. The van der Waals surface area contributed by atoms with E-state index in [0.717, 1.165) is 24.4 Å². The number of aryl methyl sites for hydroxylation is 1. The Morgan fingerprint density at radius 2 is 2.00 bits per heavy atom. The van der Waals surface area contributed by atoms with E-state index >= 15 is 0 Å². The van der Waals surface area contributed by atoms with Gasteiger partial charge in [0.25, 0.3) is 0 Å². The molecule has 0 saturated carbocycles. The highest BCUT2D eigenvalue weighted by atomic mass is 16.3. The van der Waals surface area contributed by atoms with Gasteiger partial charge in [-0.2, -0.15) is 0 Å². The summed E-state index contributed by atoms with van der Waals surface area (Å²) in [6.45, 7) is 8.40. The van der Waals surface area contributed by atoms with Gasteiger partial charge in [-0.05, 0) is 25.5 Å². The highest BCUT2D eigenvalue weighted by molar-refractivity contribution is 5.82. The molecule has 0 spiro atoms. The fraction of sp³-hybridized carbons (Fsp3) is 0.429. The summed E-state index contributed by atoms with van der Waals surface area (Å²) in [6.07, 6.45) is 0. The minimum absolute atomic E-state index is 0.679. The summed E-state index contributed by atoms with van der Waals surface area (Å²) in [4.78, 5) is 0. The van der Waals surface area contributed by atoms with Crippen LogP contribution in [0, 0.1) is 12.8 Å². The van der Waals surface area contributed by atoms with Crippen molar-refractivity contribution in [2.24, 2.45) is 5.92 Å². The molecule has 0 atom stereocenters. The molecular weight excluding hydrogens is 198 g/mol. The second-order valence-corrected chi connectivity index (χ2v) is 4.66. The molecule has 0 unspecified atom stereocenters. The van der Waals surface area contributed by atoms with Crippen LogP contribution in [0.4, 0.5) is 0 Å². The first-order valence-electron chi connectivity index (χ1n) is 5.86. The predicted molar refractivity (Wildman–Crippen MR) is 67.5 cm³/mol. The van der Waals surface area contributed by atoms with Gasteiger partial charge in [0.15, 0.2) is 0 Å². The van der Waals surface area contributed by atoms with Crippen LogP contribution in [-0.4, -0.2) is 6.54 Å². The van der Waals surface area contributed by atoms with Gasteiger partial charge in [0.2, 0.25) is 0 Å². The van der Waals surface area contributed by atoms with E-state index in [1.54, 1.807) is 0 Å². The highest BCUT2D eigenvalue weighted by Crippen LogP contribution is 2.24. The first-order chi connectivity index (χ1) is 7.68. The molecule has 1 N–H and O–H groups in total. The van der Waals surface area contributed by atoms with E-state index in [-0.39, 0.29) is 0 Å². The van der Waals surface area contributed by atoms with Crippen LogP contribution in [0.15, 0.2) is 28.7 Å². The first-order valence-corrected chi connectivity index (χ1v) is 5.86. The lowest BCUT2D eigenvalue weighted by Crippen LogP contribution is -2.19. The summed E-state index contributed by atoms with van der Waals surface area (Å²) in [5, 5.41) is 4.69. The normalized spacial score (nSPS) is 11.5. The van der Waals surface area contributed by atoms with Crippen LogP contribution in [0.2, 0.25) is 0 Å². The summed E-state index contributed by atoms with van der Waals surface area (Å²) < 4.78 is 5.72. The van der Waals surface area contributed by atoms with Crippen molar-refractivity contribution in [1.29, 1.82) is 0 Å². The standard InChI is InChI=1S/C14H19NO/c1-10(2)8-15-9-13-11(3)16-14-7-5-4-6-12(13)14/h4-7,10,15H,8-9H2,1-3H3. The number of para-hydroxylation sites is 1. The van der Waals surface area contributed by atoms with E-state index in [1.807, 2.05) is 19.1 Å². The lowest BCUT2D eigenvalue weighted by atomic mass is 10.1. The van der Waals surface area contributed by atoms with Crippen molar-refractivity contribution in [1.82, 2.24) is 5.32 Å². The number of fused-ring (bicyclic) bond motifs is 1. The van der Waals surface area contributed by atoms with Crippen molar-refractivity contribution in [3.8, 4) is 0 Å². The molecule has 0 aliphatic heterocycles. The summed E-state index contributed by atoms with van der Waals surface area (Å²) in [7, 11) is 0. The fourth-order valence-corrected chi connectivity index (χ4v) is 1.93. The Kier molecular flexibility index (Phi) is 3.30. The lowest BCUT2D eigenvalue weighted by Gasteiger charge is -2.06. The highest BCUT2D eigenvalue weighted by Gasteiger charge is 2.09. The molecule has 2 nitrogen and oxygen atoms in total. The monoisotopic (exact) mass is 217 g/mol. The largest absolute Gasteiger partial charge is 0.461 e. The number of hydrogen-bond donors (Lipinski definition) is 1. The molecule has 16 heavy (non-hydrogen) atoms. The fourth-order valence-electron chi connectivity index (χ4n) is 1.93. The average Bonchev–Trinajstić information content (AvgIpc) is 2.55. The predicted octanol–water partition coefficient (Wildman–Crippen LogP) is 3.49. The zero-order valence-electron chi connectivity index (χ0n) is 10.2. The summed E-state index contributed by atoms with van der Waals surface area (Å²) in [5.41, 5.74) is 2.28. The number of rotatable bonds is 4. The molecule has 1 heterocycles. The van der Waals surface area contributed by atoms with Crippen LogP contribution in [0.1, 0.15) is 25.2 Å². The molecule has 1 aromatic carbocycles. The Bertz CT molecular complexity index is 471. The number of nitrogens with one attached hydrogen (secondary N) is 1. The maximum absolute atomic E-state index is 5.72. The van der Waals surface area contributed by atoms with Crippen LogP contribution in [0.5, 0.6) is 0 Å². The Morgan fingerprint density at radius 1 is 1.25 bits per heavy atom. The molecular formula is C14H19NO. The third-order valence-corrected chi connectivity index (χ3v) is 2.75. The molecule has 0 amide bonds. The number of furan rings is 1. The Hall–Kier alpha value is -1.28.